The fraction of sp³-hybridized carbons (Fsp3) is 0.333. The number of nitrogens with one attached hydrogen (secondary N) is 1. The maximum atomic E-state index is 6.29. The van der Waals surface area contributed by atoms with Crippen molar-refractivity contribution in [3.05, 3.63) is 63.1 Å². The van der Waals surface area contributed by atoms with E-state index in [1.165, 1.54) is 5.56 Å². The number of halogens is 2. The summed E-state index contributed by atoms with van der Waals surface area (Å²) < 4.78 is 6.72. The molecule has 0 radical (unpaired) electrons. The van der Waals surface area contributed by atoms with Crippen LogP contribution in [0.4, 0.5) is 0 Å². The maximum Gasteiger partial charge on any atom is 0.124 e. The largest absolute Gasteiger partial charge is 0.496 e. The van der Waals surface area contributed by atoms with Gasteiger partial charge in [0.2, 0.25) is 0 Å². The van der Waals surface area contributed by atoms with Gasteiger partial charge in [0.15, 0.2) is 0 Å². The van der Waals surface area contributed by atoms with Crippen molar-refractivity contribution in [1.82, 2.24) is 10.2 Å². The van der Waals surface area contributed by atoms with Crippen LogP contribution in [0.3, 0.4) is 0 Å². The molecule has 0 aromatic heterocycles. The van der Waals surface area contributed by atoms with Crippen LogP contribution in [0.15, 0.2) is 46.9 Å². The Morgan fingerprint density at radius 3 is 2.57 bits per heavy atom. The summed E-state index contributed by atoms with van der Waals surface area (Å²) in [7, 11) is 1.71. The zero-order valence-corrected chi connectivity index (χ0v) is 15.4. The first kappa shape index (κ1) is 16.8. The Balaban J connectivity index is 2.12. The van der Waals surface area contributed by atoms with Crippen LogP contribution in [0, 0.1) is 0 Å². The molecule has 0 spiro atoms. The third kappa shape index (κ3) is 3.72. The van der Waals surface area contributed by atoms with Crippen molar-refractivity contribution in [2.75, 3.05) is 33.3 Å². The summed E-state index contributed by atoms with van der Waals surface area (Å²) in [6, 6.07) is 14.3. The SMILES string of the molecule is COc1ccc(Cl)cc1C(c1ccccc1Br)N1CCNCC1. The summed E-state index contributed by atoms with van der Waals surface area (Å²) in [5.41, 5.74) is 2.34. The molecule has 1 heterocycles. The van der Waals surface area contributed by atoms with Crippen LogP contribution in [0.5, 0.6) is 5.75 Å². The van der Waals surface area contributed by atoms with Gasteiger partial charge in [0.1, 0.15) is 5.75 Å². The van der Waals surface area contributed by atoms with Crippen LogP contribution in [0.1, 0.15) is 17.2 Å². The van der Waals surface area contributed by atoms with E-state index in [1.54, 1.807) is 7.11 Å². The number of methoxy groups -OCH3 is 1. The number of hydrogen-bond acceptors (Lipinski definition) is 3. The highest BCUT2D eigenvalue weighted by molar-refractivity contribution is 9.10. The minimum atomic E-state index is 0.112. The number of rotatable bonds is 4. The average molecular weight is 396 g/mol. The molecule has 0 amide bonds. The molecule has 1 saturated heterocycles. The molecule has 1 aliphatic rings. The van der Waals surface area contributed by atoms with E-state index in [-0.39, 0.29) is 6.04 Å². The Labute approximate surface area is 150 Å². The van der Waals surface area contributed by atoms with Crippen molar-refractivity contribution in [2.45, 2.75) is 6.04 Å². The van der Waals surface area contributed by atoms with E-state index < -0.39 is 0 Å². The second kappa shape index (κ2) is 7.67. The van der Waals surface area contributed by atoms with Crippen LogP contribution in [-0.2, 0) is 0 Å². The normalized spacial score (nSPS) is 17.0. The number of nitrogens with zero attached hydrogens (tertiary/aromatic N) is 1. The summed E-state index contributed by atoms with van der Waals surface area (Å²) in [6.45, 7) is 3.96. The third-order valence-electron chi connectivity index (χ3n) is 4.20. The fourth-order valence-electron chi connectivity index (χ4n) is 3.12. The molecule has 1 atom stereocenters. The lowest BCUT2D eigenvalue weighted by atomic mass is 9.95. The molecule has 0 bridgehead atoms. The quantitative estimate of drug-likeness (QED) is 0.843. The van der Waals surface area contributed by atoms with Gasteiger partial charge in [0.05, 0.1) is 13.2 Å². The van der Waals surface area contributed by atoms with E-state index in [9.17, 15) is 0 Å². The Morgan fingerprint density at radius 1 is 1.13 bits per heavy atom. The molecule has 2 aromatic carbocycles. The van der Waals surface area contributed by atoms with Crippen LogP contribution in [0.25, 0.3) is 0 Å². The van der Waals surface area contributed by atoms with Crippen molar-refractivity contribution in [3.63, 3.8) is 0 Å². The summed E-state index contributed by atoms with van der Waals surface area (Å²) in [5, 5.41) is 4.15. The highest BCUT2D eigenvalue weighted by Gasteiger charge is 2.28. The predicted molar refractivity (Wildman–Crippen MR) is 98.4 cm³/mol. The molecule has 23 heavy (non-hydrogen) atoms. The topological polar surface area (TPSA) is 24.5 Å². The van der Waals surface area contributed by atoms with E-state index in [2.05, 4.69) is 44.3 Å². The highest BCUT2D eigenvalue weighted by atomic mass is 79.9. The first-order valence-electron chi connectivity index (χ1n) is 7.73. The fourth-order valence-corrected chi connectivity index (χ4v) is 3.80. The second-order valence-corrected chi connectivity index (χ2v) is 6.89. The molecule has 3 rings (SSSR count). The van der Waals surface area contributed by atoms with E-state index >= 15 is 0 Å². The van der Waals surface area contributed by atoms with Gasteiger partial charge in [-0.2, -0.15) is 0 Å². The lowest BCUT2D eigenvalue weighted by molar-refractivity contribution is 0.195. The molecule has 0 saturated carbocycles. The molecule has 1 N–H and O–H groups in total. The smallest absolute Gasteiger partial charge is 0.124 e. The molecule has 1 aliphatic heterocycles. The lowest BCUT2D eigenvalue weighted by Gasteiger charge is -2.36. The van der Waals surface area contributed by atoms with Gasteiger partial charge in [-0.05, 0) is 29.8 Å². The molecule has 3 nitrogen and oxygen atoms in total. The molecular weight excluding hydrogens is 376 g/mol. The highest BCUT2D eigenvalue weighted by Crippen LogP contribution is 2.39. The minimum absolute atomic E-state index is 0.112. The average Bonchev–Trinajstić information content (AvgIpc) is 2.58. The van der Waals surface area contributed by atoms with Crippen LogP contribution >= 0.6 is 27.5 Å². The number of ether oxygens (including phenoxy) is 1. The first-order chi connectivity index (χ1) is 11.2. The monoisotopic (exact) mass is 394 g/mol. The predicted octanol–water partition coefficient (Wildman–Crippen LogP) is 4.11. The van der Waals surface area contributed by atoms with Crippen molar-refractivity contribution in [3.8, 4) is 5.75 Å². The lowest BCUT2D eigenvalue weighted by Crippen LogP contribution is -2.45. The van der Waals surface area contributed by atoms with Crippen LogP contribution < -0.4 is 10.1 Å². The minimum Gasteiger partial charge on any atom is -0.496 e. The van der Waals surface area contributed by atoms with Gasteiger partial charge < -0.3 is 10.1 Å². The van der Waals surface area contributed by atoms with E-state index in [1.807, 2.05) is 24.3 Å². The molecule has 2 aromatic rings. The van der Waals surface area contributed by atoms with Crippen molar-refractivity contribution in [1.29, 1.82) is 0 Å². The van der Waals surface area contributed by atoms with Crippen LogP contribution in [-0.4, -0.2) is 38.2 Å². The second-order valence-electron chi connectivity index (χ2n) is 5.60. The Hall–Kier alpha value is -1.07. The summed E-state index contributed by atoms with van der Waals surface area (Å²) in [4.78, 5) is 2.48. The van der Waals surface area contributed by atoms with Gasteiger partial charge in [0.25, 0.3) is 0 Å². The van der Waals surface area contributed by atoms with Gasteiger partial charge in [0, 0.05) is 41.2 Å². The zero-order chi connectivity index (χ0) is 16.2. The summed E-state index contributed by atoms with van der Waals surface area (Å²) >= 11 is 10.00. The summed E-state index contributed by atoms with van der Waals surface area (Å²) in [6.07, 6.45) is 0. The third-order valence-corrected chi connectivity index (χ3v) is 5.16. The molecular formula is C18H20BrClN2O. The van der Waals surface area contributed by atoms with Crippen molar-refractivity contribution in [2.24, 2.45) is 0 Å². The molecule has 5 heteroatoms. The van der Waals surface area contributed by atoms with Crippen molar-refractivity contribution < 1.29 is 4.74 Å². The van der Waals surface area contributed by atoms with Crippen LogP contribution in [0.2, 0.25) is 5.02 Å². The standard InChI is InChI=1S/C18H20BrClN2O/c1-23-17-7-6-13(20)12-15(17)18(22-10-8-21-9-11-22)14-4-2-3-5-16(14)19/h2-7,12,18,21H,8-11H2,1H3. The molecule has 122 valence electrons. The van der Waals surface area contributed by atoms with E-state index in [0.29, 0.717) is 0 Å². The van der Waals surface area contributed by atoms with Crippen molar-refractivity contribution >= 4 is 27.5 Å². The Morgan fingerprint density at radius 2 is 1.87 bits per heavy atom. The number of hydrogen-bond donors (Lipinski definition) is 1. The van der Waals surface area contributed by atoms with Gasteiger partial charge in [-0.15, -0.1) is 0 Å². The first-order valence-corrected chi connectivity index (χ1v) is 8.90. The maximum absolute atomic E-state index is 6.29. The molecule has 1 fully saturated rings. The summed E-state index contributed by atoms with van der Waals surface area (Å²) in [5.74, 6) is 0.869. The van der Waals surface area contributed by atoms with E-state index in [4.69, 9.17) is 16.3 Å². The Kier molecular flexibility index (Phi) is 5.59. The van der Waals surface area contributed by atoms with Gasteiger partial charge in [-0.3, -0.25) is 4.90 Å². The zero-order valence-electron chi connectivity index (χ0n) is 13.1. The molecule has 0 aliphatic carbocycles. The van der Waals surface area contributed by atoms with Gasteiger partial charge in [-0.25, -0.2) is 0 Å². The molecule has 1 unspecified atom stereocenters. The van der Waals surface area contributed by atoms with Gasteiger partial charge in [-0.1, -0.05) is 45.7 Å². The van der Waals surface area contributed by atoms with Gasteiger partial charge >= 0.3 is 0 Å². The Bertz CT molecular complexity index is 674. The number of benzene rings is 2. The number of piperazine rings is 1. The van der Waals surface area contributed by atoms with E-state index in [0.717, 1.165) is 47.0 Å².